The third-order valence-corrected chi connectivity index (χ3v) is 3.68. The highest BCUT2D eigenvalue weighted by Gasteiger charge is 2.09. The van der Waals surface area contributed by atoms with Crippen molar-refractivity contribution >= 4 is 21.4 Å². The molecule has 0 bridgehead atoms. The van der Waals surface area contributed by atoms with Gasteiger partial charge < -0.3 is 0 Å². The highest BCUT2D eigenvalue weighted by atomic mass is 32.1. The van der Waals surface area contributed by atoms with Crippen molar-refractivity contribution in [1.29, 1.82) is 5.26 Å². The molecule has 80 valence electrons. The second kappa shape index (κ2) is 4.00. The molecule has 0 aliphatic heterocycles. The quantitative estimate of drug-likeness (QED) is 0.643. The first-order valence-corrected chi connectivity index (χ1v) is 6.09. The second-order valence-corrected chi connectivity index (χ2v) is 4.59. The van der Waals surface area contributed by atoms with Crippen LogP contribution in [0.15, 0.2) is 48.1 Å². The lowest BCUT2D eigenvalue weighted by molar-refractivity contribution is 1.31. The molecule has 0 aliphatic rings. The zero-order valence-electron chi connectivity index (χ0n) is 8.92. The van der Waals surface area contributed by atoms with Crippen LogP contribution in [0.25, 0.3) is 21.2 Å². The third-order valence-electron chi connectivity index (χ3n) is 2.71. The minimum Gasteiger partial charge on any atom is -0.264 e. The molecule has 3 rings (SSSR count). The van der Waals surface area contributed by atoms with Gasteiger partial charge in [0.15, 0.2) is 0 Å². The van der Waals surface area contributed by atoms with Crippen molar-refractivity contribution in [2.24, 2.45) is 0 Å². The van der Waals surface area contributed by atoms with E-state index < -0.39 is 0 Å². The van der Waals surface area contributed by atoms with E-state index in [1.54, 1.807) is 29.8 Å². The van der Waals surface area contributed by atoms with Crippen LogP contribution >= 0.6 is 11.3 Å². The van der Waals surface area contributed by atoms with Crippen molar-refractivity contribution < 1.29 is 0 Å². The van der Waals surface area contributed by atoms with E-state index in [0.717, 1.165) is 11.1 Å². The fourth-order valence-corrected chi connectivity index (χ4v) is 2.85. The summed E-state index contributed by atoms with van der Waals surface area (Å²) in [6, 6.07) is 12.2. The summed E-state index contributed by atoms with van der Waals surface area (Å²) in [5.41, 5.74) is 2.67. The molecule has 2 nitrogen and oxygen atoms in total. The Morgan fingerprint density at radius 2 is 2.00 bits per heavy atom. The Bertz CT molecular complexity index is 722. The molecule has 0 aliphatic carbocycles. The van der Waals surface area contributed by atoms with Gasteiger partial charge in [0.05, 0.1) is 11.6 Å². The molecule has 0 amide bonds. The summed E-state index contributed by atoms with van der Waals surface area (Å²) < 4.78 is 1.23. The van der Waals surface area contributed by atoms with Crippen molar-refractivity contribution in [2.75, 3.05) is 0 Å². The molecule has 0 radical (unpaired) electrons. The van der Waals surface area contributed by atoms with Gasteiger partial charge in [0.2, 0.25) is 0 Å². The van der Waals surface area contributed by atoms with Crippen molar-refractivity contribution in [3.8, 4) is 17.2 Å². The highest BCUT2D eigenvalue weighted by molar-refractivity contribution is 7.17. The first-order valence-electron chi connectivity index (χ1n) is 5.21. The topological polar surface area (TPSA) is 36.7 Å². The minimum absolute atomic E-state index is 0.670. The number of rotatable bonds is 1. The summed E-state index contributed by atoms with van der Waals surface area (Å²) in [6.45, 7) is 0. The van der Waals surface area contributed by atoms with Crippen LogP contribution in [-0.2, 0) is 0 Å². The largest absolute Gasteiger partial charge is 0.264 e. The van der Waals surface area contributed by atoms with E-state index in [2.05, 4.69) is 28.6 Å². The molecule has 0 unspecified atom stereocenters. The van der Waals surface area contributed by atoms with Crippen LogP contribution in [0.1, 0.15) is 5.56 Å². The van der Waals surface area contributed by atoms with E-state index in [-0.39, 0.29) is 0 Å². The number of hydrogen-bond acceptors (Lipinski definition) is 3. The summed E-state index contributed by atoms with van der Waals surface area (Å²) in [5.74, 6) is 0. The molecule has 2 heterocycles. The van der Waals surface area contributed by atoms with E-state index in [1.165, 1.54) is 10.1 Å². The number of thiophene rings is 1. The molecule has 0 atom stereocenters. The van der Waals surface area contributed by atoms with E-state index in [4.69, 9.17) is 5.26 Å². The summed E-state index contributed by atoms with van der Waals surface area (Å²) in [5, 5.41) is 12.4. The molecular formula is C14H8N2S. The Balaban J connectivity index is 2.32. The van der Waals surface area contributed by atoms with E-state index >= 15 is 0 Å². The zero-order chi connectivity index (χ0) is 11.7. The molecule has 17 heavy (non-hydrogen) atoms. The number of nitrogens with zero attached hydrogens (tertiary/aromatic N) is 2. The predicted octanol–water partition coefficient (Wildman–Crippen LogP) is 3.83. The number of nitriles is 1. The van der Waals surface area contributed by atoms with Gasteiger partial charge in [-0.3, -0.25) is 4.98 Å². The maximum absolute atomic E-state index is 9.11. The maximum Gasteiger partial charge on any atom is 0.0999 e. The van der Waals surface area contributed by atoms with Gasteiger partial charge >= 0.3 is 0 Å². The lowest BCUT2D eigenvalue weighted by atomic mass is 10.0. The third kappa shape index (κ3) is 1.59. The Labute approximate surface area is 103 Å². The predicted molar refractivity (Wildman–Crippen MR) is 69.8 cm³/mol. The second-order valence-electron chi connectivity index (χ2n) is 3.68. The Morgan fingerprint density at radius 1 is 1.12 bits per heavy atom. The van der Waals surface area contributed by atoms with Crippen LogP contribution < -0.4 is 0 Å². The van der Waals surface area contributed by atoms with Crippen LogP contribution in [0.3, 0.4) is 0 Å². The molecule has 0 fully saturated rings. The molecule has 3 aromatic rings. The number of hydrogen-bond donors (Lipinski definition) is 0. The monoisotopic (exact) mass is 236 g/mol. The minimum atomic E-state index is 0.670. The number of pyridine rings is 1. The van der Waals surface area contributed by atoms with Crippen molar-refractivity contribution in [2.45, 2.75) is 0 Å². The summed E-state index contributed by atoms with van der Waals surface area (Å²) in [4.78, 5) is 4.11. The Hall–Kier alpha value is -2.18. The van der Waals surface area contributed by atoms with Crippen LogP contribution in [0.5, 0.6) is 0 Å². The summed E-state index contributed by atoms with van der Waals surface area (Å²) in [6.07, 6.45) is 3.41. The Kier molecular flexibility index (Phi) is 2.36. The van der Waals surface area contributed by atoms with Gasteiger partial charge in [0.1, 0.15) is 0 Å². The van der Waals surface area contributed by atoms with Gasteiger partial charge in [-0.1, -0.05) is 18.2 Å². The van der Waals surface area contributed by atoms with Crippen molar-refractivity contribution in [1.82, 2.24) is 4.98 Å². The molecule has 0 saturated carbocycles. The highest BCUT2D eigenvalue weighted by Crippen LogP contribution is 2.34. The first kappa shape index (κ1) is 10.0. The molecule has 3 heteroatoms. The molecule has 0 N–H and O–H groups in total. The van der Waals surface area contributed by atoms with Gasteiger partial charge in [0, 0.05) is 33.6 Å². The van der Waals surface area contributed by atoms with Gasteiger partial charge in [-0.2, -0.15) is 5.26 Å². The van der Waals surface area contributed by atoms with Crippen LogP contribution in [-0.4, -0.2) is 4.98 Å². The molecule has 0 saturated heterocycles. The summed E-state index contributed by atoms with van der Waals surface area (Å²) in [7, 11) is 0. The number of aromatic nitrogens is 1. The smallest absolute Gasteiger partial charge is 0.0999 e. The number of fused-ring (bicyclic) bond motifs is 1. The summed E-state index contributed by atoms with van der Waals surface area (Å²) >= 11 is 1.69. The number of benzene rings is 1. The van der Waals surface area contributed by atoms with Crippen LogP contribution in [0.2, 0.25) is 0 Å². The van der Waals surface area contributed by atoms with Gasteiger partial charge in [-0.25, -0.2) is 0 Å². The van der Waals surface area contributed by atoms with Crippen LogP contribution in [0.4, 0.5) is 0 Å². The molecular weight excluding hydrogens is 228 g/mol. The Morgan fingerprint density at radius 3 is 2.88 bits per heavy atom. The van der Waals surface area contributed by atoms with E-state index in [0.29, 0.717) is 5.56 Å². The fourth-order valence-electron chi connectivity index (χ4n) is 1.89. The van der Waals surface area contributed by atoms with E-state index in [1.807, 2.05) is 12.1 Å². The van der Waals surface area contributed by atoms with E-state index in [9.17, 15) is 0 Å². The lowest BCUT2D eigenvalue weighted by Gasteiger charge is -2.01. The van der Waals surface area contributed by atoms with Crippen molar-refractivity contribution in [3.63, 3.8) is 0 Å². The normalized spacial score (nSPS) is 10.3. The molecule has 1 aromatic carbocycles. The zero-order valence-corrected chi connectivity index (χ0v) is 9.74. The van der Waals surface area contributed by atoms with Gasteiger partial charge in [-0.05, 0) is 17.5 Å². The first-order chi connectivity index (χ1) is 8.40. The van der Waals surface area contributed by atoms with Crippen LogP contribution in [0, 0.1) is 11.3 Å². The standard InChI is InChI=1S/C14H8N2S/c15-7-10-5-6-16-8-12(10)13-9-17-14-4-2-1-3-11(13)14/h1-6,8-9H. The van der Waals surface area contributed by atoms with Crippen molar-refractivity contribution in [3.05, 3.63) is 53.7 Å². The molecule has 0 spiro atoms. The SMILES string of the molecule is N#Cc1ccncc1-c1csc2ccccc12. The average molecular weight is 236 g/mol. The molecule has 2 aromatic heterocycles. The fraction of sp³-hybridized carbons (Fsp3) is 0. The maximum atomic E-state index is 9.11. The van der Waals surface area contributed by atoms with Gasteiger partial charge in [-0.15, -0.1) is 11.3 Å². The lowest BCUT2D eigenvalue weighted by Crippen LogP contribution is -1.84. The average Bonchev–Trinajstić information content (AvgIpc) is 2.82. The van der Waals surface area contributed by atoms with Gasteiger partial charge in [0.25, 0.3) is 0 Å².